The minimum absolute atomic E-state index is 0.195. The molecule has 33 heavy (non-hydrogen) atoms. The van der Waals surface area contributed by atoms with Crippen LogP contribution in [0.3, 0.4) is 0 Å². The van der Waals surface area contributed by atoms with Gasteiger partial charge < -0.3 is 8.85 Å². The van der Waals surface area contributed by atoms with Crippen molar-refractivity contribution in [2.75, 3.05) is 13.2 Å². The maximum atomic E-state index is 7.10. The van der Waals surface area contributed by atoms with Crippen LogP contribution in [0.25, 0.3) is 0 Å². The molecule has 2 aliphatic rings. The average Bonchev–Trinajstić information content (AvgIpc) is 3.39. The fraction of sp³-hybridized carbons (Fsp3) is 0.867. The van der Waals surface area contributed by atoms with Gasteiger partial charge in [-0.2, -0.15) is 0 Å². The molecule has 0 amide bonds. The second-order valence-electron chi connectivity index (χ2n) is 11.1. The lowest BCUT2D eigenvalue weighted by atomic mass is 9.72. The Morgan fingerprint density at radius 3 is 1.06 bits per heavy atom. The summed E-state index contributed by atoms with van der Waals surface area (Å²) < 4.78 is 14.2. The summed E-state index contributed by atoms with van der Waals surface area (Å²) in [5.41, 5.74) is 0.946. The average molecular weight is 477 g/mol. The zero-order chi connectivity index (χ0) is 25.0. The zero-order valence-electron chi connectivity index (χ0n) is 24.0. The molecule has 0 heterocycles. The third-order valence-electron chi connectivity index (χ3n) is 10.4. The van der Waals surface area contributed by atoms with Crippen molar-refractivity contribution in [1.29, 1.82) is 0 Å². The molecule has 0 radical (unpaired) electrons. The maximum Gasteiger partial charge on any atom is 0.399 e. The van der Waals surface area contributed by atoms with Crippen LogP contribution < -0.4 is 0 Å². The van der Waals surface area contributed by atoms with E-state index >= 15 is 0 Å². The Balaban J connectivity index is 2.95. The van der Waals surface area contributed by atoms with Gasteiger partial charge in [-0.3, -0.25) is 0 Å². The zero-order valence-corrected chi connectivity index (χ0v) is 25.0. The van der Waals surface area contributed by atoms with Crippen molar-refractivity contribution < 1.29 is 8.85 Å². The third-order valence-corrected chi connectivity index (χ3v) is 14.5. The van der Waals surface area contributed by atoms with Crippen molar-refractivity contribution in [2.45, 2.75) is 133 Å². The molecule has 0 atom stereocenters. The Labute approximate surface area is 208 Å². The van der Waals surface area contributed by atoms with Crippen LogP contribution in [0.2, 0.25) is 0 Å². The Morgan fingerprint density at radius 1 is 0.545 bits per heavy atom. The van der Waals surface area contributed by atoms with E-state index in [9.17, 15) is 0 Å². The van der Waals surface area contributed by atoms with Crippen molar-refractivity contribution in [3.8, 4) is 0 Å². The molecule has 0 fully saturated rings. The molecule has 0 aliphatic heterocycles. The van der Waals surface area contributed by atoms with E-state index in [0.29, 0.717) is 0 Å². The molecule has 192 valence electrons. The highest BCUT2D eigenvalue weighted by atomic mass is 28.4. The van der Waals surface area contributed by atoms with Crippen LogP contribution in [0.5, 0.6) is 0 Å². The molecule has 3 heteroatoms. The standard InChI is InChI=1S/C30H56O2Si/c1-11-27(12-2)21-25(29(15-5,16-6)23-27)33(31-19-9,32-20-10)26-22-28(13-3,14-4)24-30(26,17-7)18-8/h21-22H,11-20,23-24H2,1-10H3. The second kappa shape index (κ2) is 11.1. The fourth-order valence-corrected chi connectivity index (χ4v) is 12.6. The molecule has 0 saturated heterocycles. The first-order valence-electron chi connectivity index (χ1n) is 14.5. The van der Waals surface area contributed by atoms with Crippen LogP contribution >= 0.6 is 0 Å². The van der Waals surface area contributed by atoms with Gasteiger partial charge >= 0.3 is 8.56 Å². The Morgan fingerprint density at radius 2 is 0.848 bits per heavy atom. The summed E-state index contributed by atoms with van der Waals surface area (Å²) in [7, 11) is -2.80. The molecule has 0 aromatic rings. The van der Waals surface area contributed by atoms with Crippen molar-refractivity contribution in [2.24, 2.45) is 21.7 Å². The summed E-state index contributed by atoms with van der Waals surface area (Å²) in [4.78, 5) is 0. The quantitative estimate of drug-likeness (QED) is 0.232. The number of allylic oxidation sites excluding steroid dienone is 4. The van der Waals surface area contributed by atoms with E-state index in [1.807, 2.05) is 0 Å². The predicted octanol–water partition coefficient (Wildman–Crippen LogP) is 9.47. The fourth-order valence-electron chi connectivity index (χ4n) is 7.52. The molecule has 0 aromatic carbocycles. The molecule has 0 spiro atoms. The van der Waals surface area contributed by atoms with E-state index in [1.54, 1.807) is 10.4 Å². The molecule has 0 unspecified atom stereocenters. The highest BCUT2D eigenvalue weighted by molar-refractivity contribution is 6.82. The largest absolute Gasteiger partial charge is 0.399 e. The van der Waals surface area contributed by atoms with Crippen LogP contribution in [0.15, 0.2) is 22.5 Å². The van der Waals surface area contributed by atoms with Gasteiger partial charge in [0.15, 0.2) is 0 Å². The van der Waals surface area contributed by atoms with Gasteiger partial charge in [-0.05, 0) is 110 Å². The highest BCUT2D eigenvalue weighted by Crippen LogP contribution is 2.64. The van der Waals surface area contributed by atoms with Crippen molar-refractivity contribution >= 4 is 8.56 Å². The highest BCUT2D eigenvalue weighted by Gasteiger charge is 2.63. The van der Waals surface area contributed by atoms with E-state index in [-0.39, 0.29) is 21.7 Å². The van der Waals surface area contributed by atoms with Gasteiger partial charge in [-0.1, -0.05) is 67.5 Å². The Hall–Kier alpha value is -0.383. The minimum Gasteiger partial charge on any atom is -0.388 e. The first-order chi connectivity index (χ1) is 15.7. The topological polar surface area (TPSA) is 18.5 Å². The monoisotopic (exact) mass is 476 g/mol. The molecular formula is C30H56O2Si. The number of rotatable bonds is 14. The van der Waals surface area contributed by atoms with Gasteiger partial charge in [0.2, 0.25) is 0 Å². The van der Waals surface area contributed by atoms with E-state index in [4.69, 9.17) is 8.85 Å². The van der Waals surface area contributed by atoms with Gasteiger partial charge in [0.1, 0.15) is 0 Å². The molecule has 0 N–H and O–H groups in total. The number of hydrogen-bond donors (Lipinski definition) is 0. The number of hydrogen-bond acceptors (Lipinski definition) is 2. The summed E-state index contributed by atoms with van der Waals surface area (Å²) in [6.07, 6.45) is 17.5. The van der Waals surface area contributed by atoms with Crippen LogP contribution in [0, 0.1) is 21.7 Å². The SMILES string of the molecule is CCO[Si](OCC)(C1=CC(CC)(CC)CC1(CC)CC)C1=CC(CC)(CC)CC1(CC)CC. The van der Waals surface area contributed by atoms with Gasteiger partial charge in [0, 0.05) is 13.2 Å². The van der Waals surface area contributed by atoms with Crippen molar-refractivity contribution in [1.82, 2.24) is 0 Å². The third kappa shape index (κ3) is 4.60. The molecule has 2 nitrogen and oxygen atoms in total. The first-order valence-corrected chi connectivity index (χ1v) is 16.3. The summed E-state index contributed by atoms with van der Waals surface area (Å²) in [5.74, 6) is 0. The lowest BCUT2D eigenvalue weighted by Gasteiger charge is -2.46. The Kier molecular flexibility index (Phi) is 9.73. The normalized spacial score (nSPS) is 23.0. The van der Waals surface area contributed by atoms with E-state index in [1.165, 1.54) is 64.2 Å². The summed E-state index contributed by atoms with van der Waals surface area (Å²) in [6, 6.07) is 0. The lowest BCUT2D eigenvalue weighted by Crippen LogP contribution is -2.54. The van der Waals surface area contributed by atoms with E-state index < -0.39 is 8.56 Å². The molecular weight excluding hydrogens is 420 g/mol. The molecule has 2 aliphatic carbocycles. The van der Waals surface area contributed by atoms with E-state index in [2.05, 4.69) is 81.4 Å². The van der Waals surface area contributed by atoms with Crippen LogP contribution in [0.4, 0.5) is 0 Å². The predicted molar refractivity (Wildman–Crippen MR) is 146 cm³/mol. The van der Waals surface area contributed by atoms with Crippen molar-refractivity contribution in [3.63, 3.8) is 0 Å². The maximum absolute atomic E-state index is 7.10. The first kappa shape index (κ1) is 28.9. The van der Waals surface area contributed by atoms with Crippen molar-refractivity contribution in [3.05, 3.63) is 22.5 Å². The summed E-state index contributed by atoms with van der Waals surface area (Å²) in [5, 5.41) is 3.18. The Bertz CT molecular complexity index is 628. The lowest BCUT2D eigenvalue weighted by molar-refractivity contribution is 0.162. The summed E-state index contributed by atoms with van der Waals surface area (Å²) in [6.45, 7) is 25.0. The van der Waals surface area contributed by atoms with Gasteiger partial charge in [0.25, 0.3) is 0 Å². The minimum atomic E-state index is -2.80. The van der Waals surface area contributed by atoms with E-state index in [0.717, 1.165) is 13.2 Å². The summed E-state index contributed by atoms with van der Waals surface area (Å²) >= 11 is 0. The van der Waals surface area contributed by atoms with Gasteiger partial charge in [-0.15, -0.1) is 0 Å². The van der Waals surface area contributed by atoms with Gasteiger partial charge in [-0.25, -0.2) is 0 Å². The second-order valence-corrected chi connectivity index (χ2v) is 14.0. The van der Waals surface area contributed by atoms with Crippen LogP contribution in [-0.4, -0.2) is 21.8 Å². The smallest absolute Gasteiger partial charge is 0.388 e. The molecule has 0 saturated carbocycles. The van der Waals surface area contributed by atoms with Crippen LogP contribution in [0.1, 0.15) is 133 Å². The van der Waals surface area contributed by atoms with Gasteiger partial charge in [0.05, 0.1) is 0 Å². The molecule has 0 aromatic heterocycles. The van der Waals surface area contributed by atoms with Crippen LogP contribution in [-0.2, 0) is 8.85 Å². The molecule has 2 rings (SSSR count). The molecule has 0 bridgehead atoms.